The number of carbonyl (C=O) groups excluding carboxylic acids is 1. The summed E-state index contributed by atoms with van der Waals surface area (Å²) in [6.45, 7) is 3.75. The van der Waals surface area contributed by atoms with Gasteiger partial charge in [0, 0.05) is 18.7 Å². The van der Waals surface area contributed by atoms with Crippen LogP contribution in [0.1, 0.15) is 30.1 Å². The average Bonchev–Trinajstić information content (AvgIpc) is 3.05. The molecule has 4 rings (SSSR count). The second-order valence-electron chi connectivity index (χ2n) is 6.82. The van der Waals surface area contributed by atoms with Gasteiger partial charge in [-0.05, 0) is 30.9 Å². The van der Waals surface area contributed by atoms with Crippen molar-refractivity contribution in [3.8, 4) is 11.1 Å². The maximum atomic E-state index is 14.7. The molecule has 0 N–H and O–H groups in total. The standard InChI is InChI=1S/C19H17Cl2FN4O/c1-11-5-7-25(8-6-11)19-16(15-13(20)3-2-4-14(15)22)17(21)24-18-12(10-27)9-23-26(18)19/h2-4,9-11H,5-8H2,1H3. The Bertz CT molecular complexity index is 1010. The van der Waals surface area contributed by atoms with Crippen molar-refractivity contribution in [2.24, 2.45) is 5.92 Å². The van der Waals surface area contributed by atoms with Crippen LogP contribution in [-0.4, -0.2) is 34.0 Å². The van der Waals surface area contributed by atoms with Crippen molar-refractivity contribution in [2.75, 3.05) is 18.0 Å². The Morgan fingerprint density at radius 2 is 1.96 bits per heavy atom. The predicted molar refractivity (Wildman–Crippen MR) is 104 cm³/mol. The molecule has 1 aliphatic heterocycles. The zero-order valence-electron chi connectivity index (χ0n) is 14.6. The Hall–Kier alpha value is -2.18. The Morgan fingerprint density at radius 3 is 2.63 bits per heavy atom. The molecule has 5 nitrogen and oxygen atoms in total. The van der Waals surface area contributed by atoms with Gasteiger partial charge >= 0.3 is 0 Å². The summed E-state index contributed by atoms with van der Waals surface area (Å²) in [4.78, 5) is 17.8. The third kappa shape index (κ3) is 3.07. The van der Waals surface area contributed by atoms with Crippen molar-refractivity contribution >= 4 is 41.0 Å². The van der Waals surface area contributed by atoms with Crippen LogP contribution in [0.2, 0.25) is 10.2 Å². The zero-order chi connectivity index (χ0) is 19.1. The predicted octanol–water partition coefficient (Wildman–Crippen LogP) is 4.89. The first-order chi connectivity index (χ1) is 13.0. The van der Waals surface area contributed by atoms with Gasteiger partial charge in [-0.3, -0.25) is 4.79 Å². The van der Waals surface area contributed by atoms with E-state index in [-0.39, 0.29) is 15.7 Å². The molecule has 0 unspecified atom stereocenters. The molecule has 2 aromatic heterocycles. The fraction of sp³-hybridized carbons (Fsp3) is 0.316. The largest absolute Gasteiger partial charge is 0.356 e. The first-order valence-electron chi connectivity index (χ1n) is 8.73. The quantitative estimate of drug-likeness (QED) is 0.458. The van der Waals surface area contributed by atoms with Gasteiger partial charge in [0.2, 0.25) is 0 Å². The van der Waals surface area contributed by atoms with Crippen LogP contribution in [0.3, 0.4) is 0 Å². The van der Waals surface area contributed by atoms with Crippen molar-refractivity contribution in [3.63, 3.8) is 0 Å². The highest BCUT2D eigenvalue weighted by Crippen LogP contribution is 2.42. The summed E-state index contributed by atoms with van der Waals surface area (Å²) >= 11 is 12.8. The molecule has 1 fully saturated rings. The number of anilines is 1. The highest BCUT2D eigenvalue weighted by molar-refractivity contribution is 6.36. The minimum atomic E-state index is -0.486. The number of aldehydes is 1. The number of carbonyl (C=O) groups is 1. The van der Waals surface area contributed by atoms with Crippen LogP contribution in [0, 0.1) is 11.7 Å². The van der Waals surface area contributed by atoms with Crippen LogP contribution in [0.15, 0.2) is 24.4 Å². The lowest BCUT2D eigenvalue weighted by Gasteiger charge is -2.33. The highest BCUT2D eigenvalue weighted by Gasteiger charge is 2.28. The number of benzene rings is 1. The number of aromatic nitrogens is 3. The maximum Gasteiger partial charge on any atom is 0.169 e. The van der Waals surface area contributed by atoms with Gasteiger partial charge in [-0.1, -0.05) is 36.2 Å². The maximum absolute atomic E-state index is 14.7. The first-order valence-corrected chi connectivity index (χ1v) is 9.48. The summed E-state index contributed by atoms with van der Waals surface area (Å²) in [6, 6.07) is 4.49. The Balaban J connectivity index is 2.04. The van der Waals surface area contributed by atoms with Gasteiger partial charge < -0.3 is 4.90 Å². The third-order valence-corrected chi connectivity index (χ3v) is 5.62. The minimum absolute atomic E-state index is 0.0896. The van der Waals surface area contributed by atoms with Crippen LogP contribution >= 0.6 is 23.2 Å². The smallest absolute Gasteiger partial charge is 0.169 e. The molecule has 140 valence electrons. The van der Waals surface area contributed by atoms with Gasteiger partial charge in [0.25, 0.3) is 0 Å². The normalized spacial score (nSPS) is 15.5. The van der Waals surface area contributed by atoms with E-state index in [0.717, 1.165) is 25.9 Å². The van der Waals surface area contributed by atoms with Gasteiger partial charge in [-0.15, -0.1) is 0 Å². The monoisotopic (exact) mass is 406 g/mol. The van der Waals surface area contributed by atoms with Crippen molar-refractivity contribution in [3.05, 3.63) is 46.0 Å². The van der Waals surface area contributed by atoms with E-state index in [4.69, 9.17) is 23.2 Å². The van der Waals surface area contributed by atoms with Crippen molar-refractivity contribution in [1.29, 1.82) is 0 Å². The number of nitrogens with zero attached hydrogens (tertiary/aromatic N) is 4. The molecule has 0 atom stereocenters. The summed E-state index contributed by atoms with van der Waals surface area (Å²) < 4.78 is 16.3. The molecule has 0 saturated carbocycles. The SMILES string of the molecule is CC1CCN(c2c(-c3c(F)cccc3Cl)c(Cl)nc3c(C=O)cnn23)CC1. The highest BCUT2D eigenvalue weighted by atomic mass is 35.5. The molecule has 1 aliphatic rings. The Kier molecular flexibility index (Phi) is 4.78. The molecule has 3 aromatic rings. The molecular formula is C19H17Cl2FN4O. The van der Waals surface area contributed by atoms with E-state index in [2.05, 4.69) is 21.9 Å². The molecule has 1 aromatic carbocycles. The van der Waals surface area contributed by atoms with E-state index in [1.54, 1.807) is 16.6 Å². The van der Waals surface area contributed by atoms with Crippen molar-refractivity contribution in [1.82, 2.24) is 14.6 Å². The van der Waals surface area contributed by atoms with E-state index in [1.807, 2.05) is 0 Å². The number of hydrogen-bond acceptors (Lipinski definition) is 4. The zero-order valence-corrected chi connectivity index (χ0v) is 16.1. The lowest BCUT2D eigenvalue weighted by molar-refractivity contribution is 0.112. The fourth-order valence-electron chi connectivity index (χ4n) is 3.52. The number of halogens is 3. The lowest BCUT2D eigenvalue weighted by Crippen LogP contribution is -2.35. The Morgan fingerprint density at radius 1 is 1.22 bits per heavy atom. The van der Waals surface area contributed by atoms with Crippen molar-refractivity contribution in [2.45, 2.75) is 19.8 Å². The molecule has 27 heavy (non-hydrogen) atoms. The van der Waals surface area contributed by atoms with Crippen LogP contribution in [0.5, 0.6) is 0 Å². The molecular weight excluding hydrogens is 390 g/mol. The van der Waals surface area contributed by atoms with Crippen LogP contribution in [0.4, 0.5) is 10.2 Å². The van der Waals surface area contributed by atoms with Crippen LogP contribution in [0.25, 0.3) is 16.8 Å². The van der Waals surface area contributed by atoms with Gasteiger partial charge in [-0.25, -0.2) is 9.37 Å². The average molecular weight is 407 g/mol. The summed E-state index contributed by atoms with van der Waals surface area (Å²) in [7, 11) is 0. The molecule has 3 heterocycles. The molecule has 0 radical (unpaired) electrons. The van der Waals surface area contributed by atoms with Gasteiger partial charge in [0.05, 0.1) is 22.3 Å². The van der Waals surface area contributed by atoms with E-state index >= 15 is 0 Å². The van der Waals surface area contributed by atoms with Crippen LogP contribution < -0.4 is 4.90 Å². The van der Waals surface area contributed by atoms with Crippen molar-refractivity contribution < 1.29 is 9.18 Å². The summed E-state index contributed by atoms with van der Waals surface area (Å²) in [5.74, 6) is 0.731. The first kappa shape index (κ1) is 18.2. The molecule has 1 saturated heterocycles. The van der Waals surface area contributed by atoms with E-state index in [0.29, 0.717) is 34.8 Å². The van der Waals surface area contributed by atoms with E-state index in [9.17, 15) is 9.18 Å². The van der Waals surface area contributed by atoms with Gasteiger partial charge in [0.1, 0.15) is 16.8 Å². The molecule has 0 bridgehead atoms. The lowest BCUT2D eigenvalue weighted by atomic mass is 9.98. The summed E-state index contributed by atoms with van der Waals surface area (Å²) in [5.41, 5.74) is 1.26. The molecule has 0 spiro atoms. The van der Waals surface area contributed by atoms with Crippen LogP contribution in [-0.2, 0) is 0 Å². The number of fused-ring (bicyclic) bond motifs is 1. The number of piperidine rings is 1. The third-order valence-electron chi connectivity index (χ3n) is 5.03. The molecule has 0 aliphatic carbocycles. The second kappa shape index (κ2) is 7.09. The number of rotatable bonds is 3. The molecule has 0 amide bonds. The van der Waals surface area contributed by atoms with E-state index in [1.165, 1.54) is 12.3 Å². The number of hydrogen-bond donors (Lipinski definition) is 0. The fourth-order valence-corrected chi connectivity index (χ4v) is 4.03. The van der Waals surface area contributed by atoms with Gasteiger partial charge in [-0.2, -0.15) is 9.61 Å². The second-order valence-corrected chi connectivity index (χ2v) is 7.59. The van der Waals surface area contributed by atoms with E-state index < -0.39 is 5.82 Å². The summed E-state index contributed by atoms with van der Waals surface area (Å²) in [5, 5.41) is 4.66. The summed E-state index contributed by atoms with van der Waals surface area (Å²) in [6.07, 6.45) is 4.11. The Labute approximate surface area is 165 Å². The molecule has 8 heteroatoms. The van der Waals surface area contributed by atoms with Gasteiger partial charge in [0.15, 0.2) is 11.9 Å². The topological polar surface area (TPSA) is 50.5 Å². The minimum Gasteiger partial charge on any atom is -0.356 e.